The Morgan fingerprint density at radius 2 is 2.46 bits per heavy atom. The Morgan fingerprint density at radius 1 is 1.69 bits per heavy atom. The van der Waals surface area contributed by atoms with E-state index >= 15 is 0 Å². The van der Waals surface area contributed by atoms with E-state index < -0.39 is 0 Å². The fraction of sp³-hybridized carbons (Fsp3) is 1.00. The van der Waals surface area contributed by atoms with Gasteiger partial charge in [-0.15, -0.1) is 0 Å². The highest BCUT2D eigenvalue weighted by atomic mass is 16.5. The molecule has 0 spiro atoms. The molecule has 13 heavy (non-hydrogen) atoms. The van der Waals surface area contributed by atoms with Gasteiger partial charge in [0.05, 0.1) is 13.2 Å². The van der Waals surface area contributed by atoms with Crippen molar-refractivity contribution in [3.05, 3.63) is 0 Å². The minimum Gasteiger partial charge on any atom is -0.383 e. The average molecular weight is 188 g/mol. The van der Waals surface area contributed by atoms with Gasteiger partial charge in [-0.1, -0.05) is 0 Å². The van der Waals surface area contributed by atoms with Crippen molar-refractivity contribution in [3.63, 3.8) is 0 Å². The van der Waals surface area contributed by atoms with Crippen LogP contribution in [0.5, 0.6) is 0 Å². The Labute approximate surface area is 79.8 Å². The summed E-state index contributed by atoms with van der Waals surface area (Å²) in [7, 11) is 1.67. The van der Waals surface area contributed by atoms with E-state index in [4.69, 9.17) is 15.2 Å². The molecular formula is C9H20N2O2. The molecule has 0 bridgehead atoms. The Kier molecular flexibility index (Phi) is 4.12. The number of hydrogen-bond acceptors (Lipinski definition) is 4. The van der Waals surface area contributed by atoms with Gasteiger partial charge in [-0.3, -0.25) is 0 Å². The molecule has 1 rings (SSSR count). The van der Waals surface area contributed by atoms with Gasteiger partial charge in [0.25, 0.3) is 0 Å². The fourth-order valence-electron chi connectivity index (χ4n) is 1.46. The number of methoxy groups -OCH3 is 1. The quantitative estimate of drug-likeness (QED) is 0.623. The SMILES string of the molecule is COCC(N)CNC1(C)CCOC1. The summed E-state index contributed by atoms with van der Waals surface area (Å²) in [5.74, 6) is 0. The predicted molar refractivity (Wildman–Crippen MR) is 51.7 cm³/mol. The first-order chi connectivity index (χ1) is 6.16. The predicted octanol–water partition coefficient (Wildman–Crippen LogP) is -0.271. The molecule has 0 amide bonds. The molecule has 1 saturated heterocycles. The lowest BCUT2D eigenvalue weighted by Gasteiger charge is -2.25. The minimum absolute atomic E-state index is 0.0717. The standard InChI is InChI=1S/C9H20N2O2/c1-9(3-4-13-7-9)11-5-8(10)6-12-2/h8,11H,3-7,10H2,1-2H3. The smallest absolute Gasteiger partial charge is 0.0646 e. The number of ether oxygens (including phenoxy) is 2. The summed E-state index contributed by atoms with van der Waals surface area (Å²) in [6.45, 7) is 5.19. The zero-order valence-electron chi connectivity index (χ0n) is 8.51. The molecule has 0 aliphatic carbocycles. The third-order valence-corrected chi connectivity index (χ3v) is 2.39. The maximum absolute atomic E-state index is 5.79. The summed E-state index contributed by atoms with van der Waals surface area (Å²) < 4.78 is 10.3. The Bertz CT molecular complexity index is 147. The molecule has 1 aliphatic heterocycles. The topological polar surface area (TPSA) is 56.5 Å². The first-order valence-electron chi connectivity index (χ1n) is 4.73. The molecule has 2 unspecified atom stereocenters. The van der Waals surface area contributed by atoms with E-state index in [1.54, 1.807) is 7.11 Å². The van der Waals surface area contributed by atoms with Crippen LogP contribution in [0.3, 0.4) is 0 Å². The van der Waals surface area contributed by atoms with E-state index in [2.05, 4.69) is 12.2 Å². The second-order valence-electron chi connectivity index (χ2n) is 3.96. The van der Waals surface area contributed by atoms with Gasteiger partial charge in [-0.25, -0.2) is 0 Å². The van der Waals surface area contributed by atoms with Gasteiger partial charge in [0, 0.05) is 31.8 Å². The molecule has 4 nitrogen and oxygen atoms in total. The van der Waals surface area contributed by atoms with Gasteiger partial charge in [0.2, 0.25) is 0 Å². The van der Waals surface area contributed by atoms with E-state index in [9.17, 15) is 0 Å². The highest BCUT2D eigenvalue weighted by molar-refractivity contribution is 4.87. The lowest BCUT2D eigenvalue weighted by atomic mass is 10.0. The van der Waals surface area contributed by atoms with E-state index in [-0.39, 0.29) is 11.6 Å². The molecule has 0 saturated carbocycles. The molecule has 78 valence electrons. The lowest BCUT2D eigenvalue weighted by Crippen LogP contribution is -2.49. The van der Waals surface area contributed by atoms with Crippen molar-refractivity contribution >= 4 is 0 Å². The van der Waals surface area contributed by atoms with Gasteiger partial charge < -0.3 is 20.5 Å². The normalized spacial score (nSPS) is 30.7. The van der Waals surface area contributed by atoms with Crippen LogP contribution < -0.4 is 11.1 Å². The van der Waals surface area contributed by atoms with Crippen molar-refractivity contribution in [1.82, 2.24) is 5.32 Å². The van der Waals surface area contributed by atoms with Crippen molar-refractivity contribution in [2.24, 2.45) is 5.73 Å². The van der Waals surface area contributed by atoms with Crippen LogP contribution in [0.1, 0.15) is 13.3 Å². The molecule has 3 N–H and O–H groups in total. The molecule has 0 aromatic heterocycles. The van der Waals surface area contributed by atoms with Gasteiger partial charge in [-0.05, 0) is 13.3 Å². The van der Waals surface area contributed by atoms with Crippen LogP contribution in [0.25, 0.3) is 0 Å². The number of nitrogens with two attached hydrogens (primary N) is 1. The number of hydrogen-bond donors (Lipinski definition) is 2. The first-order valence-corrected chi connectivity index (χ1v) is 4.73. The van der Waals surface area contributed by atoms with Crippen molar-refractivity contribution < 1.29 is 9.47 Å². The third kappa shape index (κ3) is 3.60. The van der Waals surface area contributed by atoms with Crippen molar-refractivity contribution in [2.75, 3.05) is 33.5 Å². The largest absolute Gasteiger partial charge is 0.383 e. The zero-order chi connectivity index (χ0) is 9.73. The average Bonchev–Trinajstić information content (AvgIpc) is 2.51. The minimum atomic E-state index is 0.0717. The lowest BCUT2D eigenvalue weighted by molar-refractivity contribution is 0.159. The Morgan fingerprint density at radius 3 is 3.00 bits per heavy atom. The van der Waals surface area contributed by atoms with Crippen LogP contribution in [0.4, 0.5) is 0 Å². The second kappa shape index (κ2) is 4.91. The van der Waals surface area contributed by atoms with Crippen molar-refractivity contribution in [1.29, 1.82) is 0 Å². The summed E-state index contributed by atoms with van der Waals surface area (Å²) in [5.41, 5.74) is 5.91. The van der Waals surface area contributed by atoms with Crippen LogP contribution in [0, 0.1) is 0 Å². The zero-order valence-corrected chi connectivity index (χ0v) is 8.51. The van der Waals surface area contributed by atoms with Crippen molar-refractivity contribution in [3.8, 4) is 0 Å². The number of rotatable bonds is 5. The summed E-state index contributed by atoms with van der Waals surface area (Å²) in [4.78, 5) is 0. The molecule has 0 aromatic carbocycles. The molecule has 1 heterocycles. The highest BCUT2D eigenvalue weighted by Gasteiger charge is 2.29. The molecule has 0 aromatic rings. The molecule has 1 fully saturated rings. The number of nitrogens with one attached hydrogen (secondary N) is 1. The summed E-state index contributed by atoms with van der Waals surface area (Å²) in [5, 5.41) is 3.41. The van der Waals surface area contributed by atoms with Gasteiger partial charge in [0.1, 0.15) is 0 Å². The Balaban J connectivity index is 2.17. The van der Waals surface area contributed by atoms with Gasteiger partial charge in [0.15, 0.2) is 0 Å². The maximum Gasteiger partial charge on any atom is 0.0646 e. The monoisotopic (exact) mass is 188 g/mol. The third-order valence-electron chi connectivity index (χ3n) is 2.39. The van der Waals surface area contributed by atoms with E-state index in [0.717, 1.165) is 26.2 Å². The Hall–Kier alpha value is -0.160. The summed E-state index contributed by atoms with van der Waals surface area (Å²) in [6.07, 6.45) is 1.06. The van der Waals surface area contributed by atoms with E-state index in [1.165, 1.54) is 0 Å². The molecular weight excluding hydrogens is 168 g/mol. The first kappa shape index (κ1) is 10.9. The maximum atomic E-state index is 5.79. The van der Waals surface area contributed by atoms with Crippen molar-refractivity contribution in [2.45, 2.75) is 24.9 Å². The van der Waals surface area contributed by atoms with Crippen LogP contribution in [0.15, 0.2) is 0 Å². The van der Waals surface area contributed by atoms with Crippen LogP contribution in [-0.4, -0.2) is 45.1 Å². The molecule has 0 radical (unpaired) electrons. The fourth-order valence-corrected chi connectivity index (χ4v) is 1.46. The molecule has 2 atom stereocenters. The molecule has 1 aliphatic rings. The van der Waals surface area contributed by atoms with Crippen LogP contribution >= 0.6 is 0 Å². The summed E-state index contributed by atoms with van der Waals surface area (Å²) in [6, 6.07) is 0.0717. The van der Waals surface area contributed by atoms with Gasteiger partial charge >= 0.3 is 0 Å². The highest BCUT2D eigenvalue weighted by Crippen LogP contribution is 2.16. The van der Waals surface area contributed by atoms with E-state index in [1.807, 2.05) is 0 Å². The second-order valence-corrected chi connectivity index (χ2v) is 3.96. The van der Waals surface area contributed by atoms with E-state index in [0.29, 0.717) is 6.61 Å². The van der Waals surface area contributed by atoms with Crippen LogP contribution in [-0.2, 0) is 9.47 Å². The summed E-state index contributed by atoms with van der Waals surface area (Å²) >= 11 is 0. The van der Waals surface area contributed by atoms with Gasteiger partial charge in [-0.2, -0.15) is 0 Å². The molecule has 4 heteroatoms. The van der Waals surface area contributed by atoms with Crippen LogP contribution in [0.2, 0.25) is 0 Å².